The first-order chi connectivity index (χ1) is 13.1. The van der Waals surface area contributed by atoms with Crippen LogP contribution in [0.25, 0.3) is 21.6 Å². The molecule has 1 aliphatic heterocycles. The smallest absolute Gasteiger partial charge is 0.192 e. The molecule has 3 heterocycles. The Bertz CT molecular complexity index is 905. The molecule has 0 bridgehead atoms. The molecular weight excluding hydrogens is 380 g/mol. The van der Waals surface area contributed by atoms with Crippen molar-refractivity contribution in [2.75, 3.05) is 12.3 Å². The number of anilines is 1. The molecule has 1 fully saturated rings. The highest BCUT2D eigenvalue weighted by Gasteiger charge is 2.50. The van der Waals surface area contributed by atoms with Gasteiger partial charge < -0.3 is 20.0 Å². The first-order valence-corrected chi connectivity index (χ1v) is 11.9. The Kier molecular flexibility index (Phi) is 5.34. The number of hydrogen-bond acceptors (Lipinski definition) is 8. The Morgan fingerprint density at radius 3 is 2.71 bits per heavy atom. The number of hydrogen-bond donors (Lipinski definition) is 2. The average Bonchev–Trinajstić information content (AvgIpc) is 3.17. The summed E-state index contributed by atoms with van der Waals surface area (Å²) in [5.74, 6) is 0.258. The number of fused-ring (bicyclic) bond motifs is 1. The summed E-state index contributed by atoms with van der Waals surface area (Å²) in [4.78, 5) is 15.5. The van der Waals surface area contributed by atoms with Crippen molar-refractivity contribution in [3.8, 4) is 0 Å². The summed E-state index contributed by atoms with van der Waals surface area (Å²) in [7, 11) is -2.25. The maximum Gasteiger partial charge on any atom is 0.192 e. The van der Waals surface area contributed by atoms with Crippen molar-refractivity contribution in [3.63, 3.8) is 0 Å². The third kappa shape index (κ3) is 3.45. The number of nitrogens with two attached hydrogens (primary N) is 1. The number of ether oxygens (including phenoxy) is 1. The van der Waals surface area contributed by atoms with Crippen molar-refractivity contribution < 1.29 is 14.3 Å². The van der Waals surface area contributed by atoms with Gasteiger partial charge in [-0.05, 0) is 23.7 Å². The molecule has 0 spiro atoms. The van der Waals surface area contributed by atoms with Gasteiger partial charge in [0, 0.05) is 4.91 Å². The highest BCUT2D eigenvalue weighted by molar-refractivity contribution is 6.74. The molecule has 152 valence electrons. The fourth-order valence-electron chi connectivity index (χ4n) is 2.99. The van der Waals surface area contributed by atoms with Crippen LogP contribution in [0, 0.1) is 0 Å². The molecule has 0 amide bonds. The maximum absolute atomic E-state index is 9.79. The predicted octanol–water partition coefficient (Wildman–Crippen LogP) is 2.37. The standard InChI is InChI=1S/C16H26N8O3Si/c1-16(2,3)28(4,5)27-12-10(22-23-18)9(6-25)26-15(12)24-8-21-11-13(17)19-7-20-14(11)24/h7-10,12,15,25H,6H2,1-5H3,(H2,17,19,20)/t9-,10?,12+,15-/m1/s1. The van der Waals surface area contributed by atoms with Crippen LogP contribution in [0.3, 0.4) is 0 Å². The third-order valence-electron chi connectivity index (χ3n) is 5.58. The van der Waals surface area contributed by atoms with Gasteiger partial charge in [-0.2, -0.15) is 0 Å². The lowest BCUT2D eigenvalue weighted by atomic mass is 10.1. The molecule has 4 atom stereocenters. The van der Waals surface area contributed by atoms with Crippen molar-refractivity contribution in [1.82, 2.24) is 19.5 Å². The molecule has 0 radical (unpaired) electrons. The van der Waals surface area contributed by atoms with E-state index in [2.05, 4.69) is 58.8 Å². The summed E-state index contributed by atoms with van der Waals surface area (Å²) in [5, 5.41) is 13.6. The van der Waals surface area contributed by atoms with Crippen LogP contribution in [-0.2, 0) is 9.16 Å². The minimum atomic E-state index is -2.25. The van der Waals surface area contributed by atoms with Gasteiger partial charge in [-0.3, -0.25) is 4.57 Å². The van der Waals surface area contributed by atoms with E-state index in [-0.39, 0.29) is 17.5 Å². The van der Waals surface area contributed by atoms with Crippen molar-refractivity contribution in [3.05, 3.63) is 23.1 Å². The van der Waals surface area contributed by atoms with Crippen LogP contribution in [0.1, 0.15) is 27.0 Å². The zero-order chi connectivity index (χ0) is 20.7. The number of aliphatic hydroxyl groups excluding tert-OH is 1. The average molecular weight is 407 g/mol. The van der Waals surface area contributed by atoms with E-state index in [1.807, 2.05) is 0 Å². The van der Waals surface area contributed by atoms with E-state index in [0.29, 0.717) is 11.2 Å². The summed E-state index contributed by atoms with van der Waals surface area (Å²) in [6.07, 6.45) is 0.911. The lowest BCUT2D eigenvalue weighted by molar-refractivity contribution is -0.0462. The summed E-state index contributed by atoms with van der Waals surface area (Å²) in [6.45, 7) is 10.3. The first kappa shape index (κ1) is 20.5. The van der Waals surface area contributed by atoms with E-state index < -0.39 is 32.8 Å². The second-order valence-electron chi connectivity index (χ2n) is 8.37. The molecule has 11 nitrogen and oxygen atoms in total. The molecule has 3 N–H and O–H groups in total. The predicted molar refractivity (Wildman–Crippen MR) is 106 cm³/mol. The van der Waals surface area contributed by atoms with Crippen LogP contribution in [0.5, 0.6) is 0 Å². The van der Waals surface area contributed by atoms with E-state index in [4.69, 9.17) is 20.4 Å². The molecule has 28 heavy (non-hydrogen) atoms. The maximum atomic E-state index is 9.79. The second kappa shape index (κ2) is 7.30. The molecule has 2 aromatic heterocycles. The zero-order valence-electron chi connectivity index (χ0n) is 16.6. The lowest BCUT2D eigenvalue weighted by Crippen LogP contribution is -2.48. The van der Waals surface area contributed by atoms with Gasteiger partial charge in [0.1, 0.15) is 17.9 Å². The normalized spacial score (nSPS) is 25.8. The van der Waals surface area contributed by atoms with Gasteiger partial charge in [0.25, 0.3) is 0 Å². The second-order valence-corrected chi connectivity index (χ2v) is 13.1. The Morgan fingerprint density at radius 2 is 2.11 bits per heavy atom. The van der Waals surface area contributed by atoms with E-state index in [0.717, 1.165) is 0 Å². The van der Waals surface area contributed by atoms with Gasteiger partial charge in [0.15, 0.2) is 26.0 Å². The van der Waals surface area contributed by atoms with Crippen LogP contribution in [0.2, 0.25) is 18.1 Å². The molecule has 1 unspecified atom stereocenters. The third-order valence-corrected chi connectivity index (χ3v) is 10.0. The topological polar surface area (TPSA) is 157 Å². The van der Waals surface area contributed by atoms with E-state index in [9.17, 15) is 5.11 Å². The number of nitrogen functional groups attached to an aromatic ring is 1. The van der Waals surface area contributed by atoms with Gasteiger partial charge in [0.2, 0.25) is 0 Å². The summed E-state index contributed by atoms with van der Waals surface area (Å²) in [5.41, 5.74) is 15.9. The summed E-state index contributed by atoms with van der Waals surface area (Å²) < 4.78 is 14.3. The van der Waals surface area contributed by atoms with Crippen molar-refractivity contribution >= 4 is 25.3 Å². The number of imidazole rings is 1. The summed E-state index contributed by atoms with van der Waals surface area (Å²) in [6, 6.07) is -0.689. The Balaban J connectivity index is 2.08. The largest absolute Gasteiger partial charge is 0.409 e. The monoisotopic (exact) mass is 406 g/mol. The molecule has 0 aliphatic carbocycles. The van der Waals surface area contributed by atoms with Gasteiger partial charge >= 0.3 is 0 Å². The molecule has 2 aromatic rings. The van der Waals surface area contributed by atoms with Crippen molar-refractivity contribution in [2.45, 2.75) is 63.4 Å². The summed E-state index contributed by atoms with van der Waals surface area (Å²) >= 11 is 0. The fourth-order valence-corrected chi connectivity index (χ4v) is 4.28. The quantitative estimate of drug-likeness (QED) is 0.334. The molecule has 1 aliphatic rings. The van der Waals surface area contributed by atoms with Gasteiger partial charge in [-0.1, -0.05) is 25.9 Å². The molecule has 0 saturated carbocycles. The number of aliphatic hydroxyl groups is 1. The first-order valence-electron chi connectivity index (χ1n) is 9.02. The van der Waals surface area contributed by atoms with Crippen LogP contribution in [0.15, 0.2) is 17.8 Å². The highest BCUT2D eigenvalue weighted by Crippen LogP contribution is 2.43. The van der Waals surface area contributed by atoms with Crippen LogP contribution in [0.4, 0.5) is 5.82 Å². The Hall–Kier alpha value is -2.24. The number of nitrogens with zero attached hydrogens (tertiary/aromatic N) is 7. The van der Waals surface area contributed by atoms with E-state index >= 15 is 0 Å². The number of rotatable bonds is 5. The number of azide groups is 1. The SMILES string of the molecule is CC(C)(C)[Si](C)(C)O[C@H]1C(N=[N+]=[N-])[C@@H](CO)O[C@H]1n1cnc2c(N)ncnc21. The van der Waals surface area contributed by atoms with Crippen molar-refractivity contribution in [1.29, 1.82) is 0 Å². The van der Waals surface area contributed by atoms with Gasteiger partial charge in [0.05, 0.1) is 25.1 Å². The minimum Gasteiger partial charge on any atom is -0.409 e. The Labute approximate surface area is 163 Å². The lowest BCUT2D eigenvalue weighted by Gasteiger charge is -2.40. The van der Waals surface area contributed by atoms with Gasteiger partial charge in [-0.25, -0.2) is 15.0 Å². The van der Waals surface area contributed by atoms with Crippen LogP contribution >= 0.6 is 0 Å². The van der Waals surface area contributed by atoms with Crippen LogP contribution < -0.4 is 5.73 Å². The minimum absolute atomic E-state index is 0.0701. The molecular formula is C16H26N8O3Si. The van der Waals surface area contributed by atoms with Crippen LogP contribution in [-0.4, -0.2) is 57.8 Å². The van der Waals surface area contributed by atoms with E-state index in [1.165, 1.54) is 6.33 Å². The fraction of sp³-hybridized carbons (Fsp3) is 0.688. The zero-order valence-corrected chi connectivity index (χ0v) is 17.6. The van der Waals surface area contributed by atoms with E-state index in [1.54, 1.807) is 10.9 Å². The van der Waals surface area contributed by atoms with Gasteiger partial charge in [-0.15, -0.1) is 0 Å². The Morgan fingerprint density at radius 1 is 1.39 bits per heavy atom. The van der Waals surface area contributed by atoms with Crippen molar-refractivity contribution in [2.24, 2.45) is 5.11 Å². The molecule has 0 aromatic carbocycles. The molecule has 1 saturated heterocycles. The highest BCUT2D eigenvalue weighted by atomic mass is 28.4. The molecule has 12 heteroatoms. The molecule has 3 rings (SSSR count). The number of aromatic nitrogens is 4.